The van der Waals surface area contributed by atoms with E-state index in [0.717, 1.165) is 0 Å². The Morgan fingerprint density at radius 2 is 1.00 bits per heavy atom. The molecule has 0 atom stereocenters. The van der Waals surface area contributed by atoms with Crippen molar-refractivity contribution in [2.75, 3.05) is 0 Å². The second-order valence-electron chi connectivity index (χ2n) is 2.71. The first-order valence-corrected chi connectivity index (χ1v) is 7.66. The van der Waals surface area contributed by atoms with Gasteiger partial charge in [0, 0.05) is 0 Å². The van der Waals surface area contributed by atoms with Crippen LogP contribution in [0, 0.1) is 0 Å². The molecule has 0 aromatic carbocycles. The molecule has 0 N–H and O–H groups in total. The molecule has 0 saturated heterocycles. The number of unbranched alkanes of at least 4 members (excludes halogenated alkanes) is 2. The monoisotopic (exact) mass is 244 g/mol. The van der Waals surface area contributed by atoms with E-state index < -0.39 is 0 Å². The van der Waals surface area contributed by atoms with Gasteiger partial charge in [-0.2, -0.15) is 0 Å². The Balaban J connectivity index is -0.0000000457. The minimum absolute atomic E-state index is 0. The SMILES string of the molecule is CCC[CH2][AlH2].CCC[CH2][AlH2].Cl.Cl. The predicted molar refractivity (Wildman–Crippen MR) is 71.0 cm³/mol. The van der Waals surface area contributed by atoms with Crippen molar-refractivity contribution >= 4 is 57.4 Å². The summed E-state index contributed by atoms with van der Waals surface area (Å²) in [4.78, 5) is 0. The van der Waals surface area contributed by atoms with Crippen molar-refractivity contribution in [1.82, 2.24) is 0 Å². The number of halogens is 2. The summed E-state index contributed by atoms with van der Waals surface area (Å²) < 4.78 is 0. The van der Waals surface area contributed by atoms with Crippen molar-refractivity contribution in [2.24, 2.45) is 0 Å². The molecule has 0 rings (SSSR count). The maximum Gasteiger partial charge on any atom is 0.211 e. The molecule has 0 aliphatic rings. The van der Waals surface area contributed by atoms with Crippen LogP contribution in [0.3, 0.4) is 0 Å². The standard InChI is InChI=1S/2C4H9.2Al.2ClH.4H/c2*1-3-4-2;;;;;;;;/h2*1,3-4H2,2H3;;;2*1H;;;;. The molecular weight excluding hydrogens is 221 g/mol. The van der Waals surface area contributed by atoms with E-state index in [1.165, 1.54) is 68.8 Å². The predicted octanol–water partition coefficient (Wildman–Crippen LogP) is 2.52. The summed E-state index contributed by atoms with van der Waals surface area (Å²) in [5.41, 5.74) is 0. The molecule has 0 aromatic heterocycles. The van der Waals surface area contributed by atoms with E-state index in [1.807, 2.05) is 0 Å². The van der Waals surface area contributed by atoms with E-state index in [9.17, 15) is 0 Å². The van der Waals surface area contributed by atoms with E-state index >= 15 is 0 Å². The Morgan fingerprint density at radius 1 is 0.750 bits per heavy atom. The maximum atomic E-state index is 2.23. The van der Waals surface area contributed by atoms with Crippen LogP contribution in [0.25, 0.3) is 0 Å². The Labute approximate surface area is 107 Å². The lowest BCUT2D eigenvalue weighted by Gasteiger charge is -1.78. The fourth-order valence-electron chi connectivity index (χ4n) is 0.707. The number of rotatable bonds is 4. The van der Waals surface area contributed by atoms with Crippen molar-refractivity contribution in [1.29, 1.82) is 0 Å². The number of hydrogen-bond acceptors (Lipinski definition) is 0. The molecule has 0 aromatic rings. The van der Waals surface area contributed by atoms with Crippen LogP contribution < -0.4 is 0 Å². The Kier molecular flexibility index (Phi) is 57.3. The van der Waals surface area contributed by atoms with E-state index in [0.29, 0.717) is 0 Å². The van der Waals surface area contributed by atoms with Gasteiger partial charge in [-0.05, 0) is 0 Å². The molecule has 0 aliphatic carbocycles. The molecule has 0 spiro atoms. The molecule has 12 heavy (non-hydrogen) atoms. The number of hydrogen-bond donors (Lipinski definition) is 0. The van der Waals surface area contributed by atoms with E-state index in [1.54, 1.807) is 0 Å². The first-order valence-electron chi connectivity index (χ1n) is 4.83. The molecule has 0 heterocycles. The van der Waals surface area contributed by atoms with Gasteiger partial charge in [-0.25, -0.2) is 0 Å². The fourth-order valence-corrected chi connectivity index (χ4v) is 2.12. The summed E-state index contributed by atoms with van der Waals surface area (Å²) in [6, 6.07) is 0. The Hall–Kier alpha value is 1.64. The van der Waals surface area contributed by atoms with Crippen molar-refractivity contribution in [3.05, 3.63) is 0 Å². The van der Waals surface area contributed by atoms with Gasteiger partial charge in [-0.1, -0.05) is 39.5 Å². The molecular formula is C8H24Al2Cl2. The van der Waals surface area contributed by atoms with Crippen molar-refractivity contribution in [3.8, 4) is 0 Å². The Morgan fingerprint density at radius 3 is 1.00 bits per heavy atom. The molecule has 0 amide bonds. The summed E-state index contributed by atoms with van der Waals surface area (Å²) in [6.07, 6.45) is 5.66. The third kappa shape index (κ3) is 41.4. The quantitative estimate of drug-likeness (QED) is 0.667. The largest absolute Gasteiger partial charge is 0.211 e. The summed E-state index contributed by atoms with van der Waals surface area (Å²) >= 11 is 2.80. The van der Waals surface area contributed by atoms with E-state index in [2.05, 4.69) is 13.8 Å². The normalized spacial score (nSPS) is 6.83. The fraction of sp³-hybridized carbons (Fsp3) is 1.00. The third-order valence-corrected chi connectivity index (χ3v) is 2.83. The van der Waals surface area contributed by atoms with Crippen LogP contribution in [0.5, 0.6) is 0 Å². The van der Waals surface area contributed by atoms with Crippen molar-refractivity contribution in [3.63, 3.8) is 0 Å². The summed E-state index contributed by atoms with van der Waals surface area (Å²) in [7, 11) is 0. The van der Waals surface area contributed by atoms with Crippen LogP contribution >= 0.6 is 24.8 Å². The third-order valence-electron chi connectivity index (χ3n) is 1.41. The molecule has 76 valence electrons. The molecule has 0 bridgehead atoms. The highest BCUT2D eigenvalue weighted by molar-refractivity contribution is 6.08. The molecule has 0 saturated carbocycles. The van der Waals surface area contributed by atoms with Gasteiger partial charge in [0.1, 0.15) is 0 Å². The lowest BCUT2D eigenvalue weighted by atomic mass is 10.4. The van der Waals surface area contributed by atoms with Crippen LogP contribution in [0.15, 0.2) is 0 Å². The highest BCUT2D eigenvalue weighted by Crippen LogP contribution is 1.87. The Bertz CT molecular complexity index is 36.0. The molecule has 0 radical (unpaired) electrons. The molecule has 4 heteroatoms. The average Bonchev–Trinajstić information content (AvgIpc) is 1.93. The van der Waals surface area contributed by atoms with Crippen molar-refractivity contribution in [2.45, 2.75) is 50.1 Å². The van der Waals surface area contributed by atoms with Gasteiger partial charge < -0.3 is 0 Å². The summed E-state index contributed by atoms with van der Waals surface area (Å²) in [5, 5.41) is 2.97. The second kappa shape index (κ2) is 29.3. The molecule has 0 unspecified atom stereocenters. The van der Waals surface area contributed by atoms with Gasteiger partial charge in [0.25, 0.3) is 0 Å². The highest BCUT2D eigenvalue weighted by Gasteiger charge is 1.69. The molecule has 0 nitrogen and oxygen atoms in total. The lowest BCUT2D eigenvalue weighted by Crippen LogP contribution is -1.63. The summed E-state index contributed by atoms with van der Waals surface area (Å²) in [6.45, 7) is 4.47. The van der Waals surface area contributed by atoms with Gasteiger partial charge in [0.15, 0.2) is 0 Å². The van der Waals surface area contributed by atoms with Gasteiger partial charge in [-0.15, -0.1) is 35.4 Å². The minimum Gasteiger partial charge on any atom is -0.147 e. The maximum absolute atomic E-state index is 2.23. The van der Waals surface area contributed by atoms with Crippen molar-refractivity contribution < 1.29 is 0 Å². The van der Waals surface area contributed by atoms with Crippen LogP contribution in [0.4, 0.5) is 0 Å². The zero-order valence-corrected chi connectivity index (χ0v) is 14.7. The first kappa shape index (κ1) is 23.5. The van der Waals surface area contributed by atoms with Gasteiger partial charge in [-0.3, -0.25) is 0 Å². The summed E-state index contributed by atoms with van der Waals surface area (Å²) in [5.74, 6) is 0. The van der Waals surface area contributed by atoms with Crippen LogP contribution in [0.2, 0.25) is 10.6 Å². The zero-order chi connectivity index (χ0) is 8.24. The average molecular weight is 245 g/mol. The second-order valence-corrected chi connectivity index (χ2v) is 4.71. The van der Waals surface area contributed by atoms with Gasteiger partial charge in [0.2, 0.25) is 32.6 Å². The smallest absolute Gasteiger partial charge is 0.147 e. The van der Waals surface area contributed by atoms with E-state index in [4.69, 9.17) is 0 Å². The van der Waals surface area contributed by atoms with Crippen LogP contribution in [0.1, 0.15) is 39.5 Å². The lowest BCUT2D eigenvalue weighted by molar-refractivity contribution is 0.884. The molecule has 0 fully saturated rings. The van der Waals surface area contributed by atoms with Gasteiger partial charge >= 0.3 is 0 Å². The zero-order valence-electron chi connectivity index (χ0n) is 9.06. The van der Waals surface area contributed by atoms with Crippen LogP contribution in [-0.2, 0) is 0 Å². The van der Waals surface area contributed by atoms with E-state index in [-0.39, 0.29) is 24.8 Å². The van der Waals surface area contributed by atoms with Gasteiger partial charge in [0.05, 0.1) is 0 Å². The van der Waals surface area contributed by atoms with Crippen LogP contribution in [-0.4, -0.2) is 32.6 Å². The topological polar surface area (TPSA) is 0 Å². The molecule has 0 aliphatic heterocycles. The first-order chi connectivity index (χ1) is 4.83. The highest BCUT2D eigenvalue weighted by atomic mass is 35.5. The minimum atomic E-state index is 0.